The Kier molecular flexibility index (Phi) is 11.0. The molecular weight excluding hydrogens is 763 g/mol. The minimum Gasteiger partial charge on any atom is -0.491 e. The summed E-state index contributed by atoms with van der Waals surface area (Å²) in [6, 6.07) is 20.0. The van der Waals surface area contributed by atoms with Gasteiger partial charge in [-0.05, 0) is 74.5 Å². The summed E-state index contributed by atoms with van der Waals surface area (Å²) in [6.45, 7) is 7.02. The van der Waals surface area contributed by atoms with E-state index in [-0.39, 0.29) is 19.3 Å². The van der Waals surface area contributed by atoms with E-state index in [0.29, 0.717) is 33.7 Å². The molecule has 2 aliphatic rings. The zero-order valence-corrected chi connectivity index (χ0v) is 31.6. The zero-order chi connectivity index (χ0) is 38.0. The summed E-state index contributed by atoms with van der Waals surface area (Å²) in [6.07, 6.45) is 3.03. The summed E-state index contributed by atoms with van der Waals surface area (Å²) in [5.74, 6) is -0.480. The highest BCUT2D eigenvalue weighted by Gasteiger charge is 2.45. The van der Waals surface area contributed by atoms with E-state index in [1.165, 1.54) is 24.1 Å². The van der Waals surface area contributed by atoms with Crippen LogP contribution < -0.4 is 20.2 Å². The van der Waals surface area contributed by atoms with Crippen molar-refractivity contribution in [1.29, 1.82) is 0 Å². The lowest BCUT2D eigenvalue weighted by atomic mass is 10.1. The van der Waals surface area contributed by atoms with Crippen LogP contribution >= 0.6 is 23.2 Å². The van der Waals surface area contributed by atoms with Crippen molar-refractivity contribution in [2.75, 3.05) is 49.2 Å². The number of rotatable bonds is 13. The highest BCUT2D eigenvalue weighted by Crippen LogP contribution is 2.40. The summed E-state index contributed by atoms with van der Waals surface area (Å²) in [5, 5.41) is 9.28. The molecule has 0 unspecified atom stereocenters. The van der Waals surface area contributed by atoms with Gasteiger partial charge in [-0.25, -0.2) is 27.9 Å². The summed E-state index contributed by atoms with van der Waals surface area (Å²) in [4.78, 5) is 21.7. The van der Waals surface area contributed by atoms with Gasteiger partial charge in [0, 0.05) is 48.1 Å². The van der Waals surface area contributed by atoms with Gasteiger partial charge in [0.2, 0.25) is 5.79 Å². The normalized spacial score (nSPS) is 20.3. The number of benzene rings is 3. The molecule has 54 heavy (non-hydrogen) atoms. The molecule has 0 aliphatic carbocycles. The molecule has 19 heteroatoms. The quantitative estimate of drug-likeness (QED) is 0.167. The van der Waals surface area contributed by atoms with Gasteiger partial charge >= 0.3 is 16.1 Å². The molecule has 0 bridgehead atoms. The van der Waals surface area contributed by atoms with Gasteiger partial charge < -0.3 is 24.0 Å². The molecule has 2 fully saturated rings. The second-order valence-electron chi connectivity index (χ2n) is 13.0. The number of anilines is 2. The molecule has 4 atom stereocenters. The first-order valence-corrected chi connectivity index (χ1v) is 19.2. The maximum absolute atomic E-state index is 13.0. The summed E-state index contributed by atoms with van der Waals surface area (Å²) < 4.78 is 58.7. The molecule has 5 aromatic rings. The van der Waals surface area contributed by atoms with E-state index in [0.717, 1.165) is 42.2 Å². The first kappa shape index (κ1) is 37.8. The van der Waals surface area contributed by atoms with Gasteiger partial charge in [-0.2, -0.15) is 18.6 Å². The number of aromatic nitrogens is 6. The summed E-state index contributed by atoms with van der Waals surface area (Å²) >= 11 is 12.7. The van der Waals surface area contributed by atoms with Crippen LogP contribution in [0.2, 0.25) is 10.0 Å². The van der Waals surface area contributed by atoms with Crippen molar-refractivity contribution in [2.45, 2.75) is 44.4 Å². The number of halogens is 2. The zero-order valence-electron chi connectivity index (χ0n) is 29.3. The molecular formula is C35H38Cl2N8O8S. The van der Waals surface area contributed by atoms with Gasteiger partial charge in [-0.3, -0.25) is 4.55 Å². The molecule has 16 nitrogen and oxygen atoms in total. The lowest BCUT2D eigenvalue weighted by Crippen LogP contribution is -2.46. The highest BCUT2D eigenvalue weighted by atomic mass is 35.5. The third-order valence-electron chi connectivity index (χ3n) is 9.48. The van der Waals surface area contributed by atoms with Gasteiger partial charge in [-0.1, -0.05) is 29.3 Å². The second-order valence-corrected chi connectivity index (χ2v) is 14.9. The second kappa shape index (κ2) is 15.7. The third-order valence-corrected chi connectivity index (χ3v) is 10.6. The topological polar surface area (TPSA) is 168 Å². The Morgan fingerprint density at radius 1 is 0.926 bits per heavy atom. The van der Waals surface area contributed by atoms with Gasteiger partial charge in [0.05, 0.1) is 29.5 Å². The van der Waals surface area contributed by atoms with Crippen molar-refractivity contribution in [2.24, 2.45) is 0 Å². The Hall–Kier alpha value is -4.49. The molecule has 2 aliphatic heterocycles. The maximum Gasteiger partial charge on any atom is 0.397 e. The molecule has 1 N–H and O–H groups in total. The van der Waals surface area contributed by atoms with E-state index >= 15 is 0 Å². The van der Waals surface area contributed by atoms with Crippen LogP contribution in [0.5, 0.6) is 5.75 Å². The fourth-order valence-electron chi connectivity index (χ4n) is 6.52. The molecule has 3 aromatic carbocycles. The lowest BCUT2D eigenvalue weighted by molar-refractivity contribution is -0.190. The molecule has 0 radical (unpaired) electrons. The number of hydrogen-bond donors (Lipinski definition) is 1. The minimum absolute atomic E-state index is 0.243. The molecule has 2 saturated heterocycles. The molecule has 7 rings (SSSR count). The van der Waals surface area contributed by atoms with Gasteiger partial charge in [0.1, 0.15) is 44.0 Å². The lowest BCUT2D eigenvalue weighted by Gasteiger charge is -2.37. The van der Waals surface area contributed by atoms with E-state index in [1.54, 1.807) is 36.1 Å². The van der Waals surface area contributed by atoms with Crippen LogP contribution in [-0.2, 0) is 36.4 Å². The Balaban J connectivity index is 0.914. The van der Waals surface area contributed by atoms with Crippen molar-refractivity contribution in [3.05, 3.63) is 112 Å². The van der Waals surface area contributed by atoms with E-state index in [9.17, 15) is 13.2 Å². The van der Waals surface area contributed by atoms with Crippen LogP contribution in [0.3, 0.4) is 0 Å². The largest absolute Gasteiger partial charge is 0.491 e. The van der Waals surface area contributed by atoms with Crippen LogP contribution in [0, 0.1) is 0 Å². The van der Waals surface area contributed by atoms with E-state index < -0.39 is 34.0 Å². The number of ether oxygens (including phenoxy) is 3. The van der Waals surface area contributed by atoms with E-state index in [4.69, 9.17) is 42.0 Å². The van der Waals surface area contributed by atoms with Crippen molar-refractivity contribution in [3.63, 3.8) is 0 Å². The van der Waals surface area contributed by atoms with Crippen molar-refractivity contribution < 1.29 is 31.4 Å². The highest BCUT2D eigenvalue weighted by molar-refractivity contribution is 7.80. The standard InChI is InChI=1S/C35H38Cl2N8O8S/c1-24(25(2)53-54(47,48)49)45-34(46)44(23-40-45)29-6-4-27(5-7-29)41-13-15-42(16-14-41)28-8-10-30(11-9-28)50-18-31-19-51-35(52-31,20-43-22-38-21-39-43)32-12-3-26(36)17-33(32)37/h3-12,17,21-25,31H,13-16,18-20H2,1-2H3,(H,47,48,49)/t24-,25+,31+,35+/m1/s1. The number of nitrogens with zero attached hydrogens (tertiary/aromatic N) is 8. The Labute approximate surface area is 321 Å². The van der Waals surface area contributed by atoms with Crippen LogP contribution in [0.15, 0.2) is 90.5 Å². The predicted octanol–water partition coefficient (Wildman–Crippen LogP) is 4.38. The van der Waals surface area contributed by atoms with Crippen molar-refractivity contribution >= 4 is 45.0 Å². The fourth-order valence-corrected chi connectivity index (χ4v) is 7.61. The summed E-state index contributed by atoms with van der Waals surface area (Å²) in [7, 11) is -4.67. The van der Waals surface area contributed by atoms with Crippen LogP contribution in [0.25, 0.3) is 5.69 Å². The number of hydrogen-bond acceptors (Lipinski definition) is 12. The van der Waals surface area contributed by atoms with Gasteiger partial charge in [0.15, 0.2) is 0 Å². The number of piperazine rings is 1. The Bertz CT molecular complexity index is 2210. The maximum atomic E-state index is 13.0. The van der Waals surface area contributed by atoms with Gasteiger partial charge in [0.25, 0.3) is 0 Å². The smallest absolute Gasteiger partial charge is 0.397 e. The molecule has 0 saturated carbocycles. The average Bonchev–Trinajstić information content (AvgIpc) is 3.91. The summed E-state index contributed by atoms with van der Waals surface area (Å²) in [5.41, 5.74) is 2.89. The Morgan fingerprint density at radius 2 is 1.57 bits per heavy atom. The van der Waals surface area contributed by atoms with Crippen molar-refractivity contribution in [3.8, 4) is 11.4 Å². The molecule has 286 valence electrons. The monoisotopic (exact) mass is 800 g/mol. The van der Waals surface area contributed by atoms with Crippen LogP contribution in [0.1, 0.15) is 25.5 Å². The first-order valence-electron chi connectivity index (χ1n) is 17.1. The minimum atomic E-state index is -4.67. The molecule has 0 spiro atoms. The van der Waals surface area contributed by atoms with E-state index in [2.05, 4.69) is 29.2 Å². The van der Waals surface area contributed by atoms with Crippen LogP contribution in [0.4, 0.5) is 11.4 Å². The fraction of sp³-hybridized carbons (Fsp3) is 0.371. The SMILES string of the molecule is C[C@H](OS(=O)(=O)O)[C@@H](C)n1ncn(-c2ccc(N3CCN(c4ccc(OC[C@H]5CO[C@](Cn6cncn6)(c6ccc(Cl)cc6Cl)O5)cc4)CC3)cc2)c1=O. The molecule has 2 aromatic heterocycles. The van der Waals surface area contributed by atoms with Crippen molar-refractivity contribution in [1.82, 2.24) is 29.1 Å². The molecule has 0 amide bonds. The van der Waals surface area contributed by atoms with Gasteiger partial charge in [-0.15, -0.1) is 0 Å². The Morgan fingerprint density at radius 3 is 2.19 bits per heavy atom. The van der Waals surface area contributed by atoms with Crippen LogP contribution in [-0.4, -0.2) is 93.7 Å². The average molecular weight is 802 g/mol. The third kappa shape index (κ3) is 8.42. The predicted molar refractivity (Wildman–Crippen MR) is 200 cm³/mol. The first-order chi connectivity index (χ1) is 25.9. The molecule has 4 heterocycles. The van der Waals surface area contributed by atoms with E-state index in [1.807, 2.05) is 48.5 Å².